The second-order valence-electron chi connectivity index (χ2n) is 4.14. The van der Waals surface area contributed by atoms with Crippen LogP contribution in [0.5, 0.6) is 0 Å². The van der Waals surface area contributed by atoms with Gasteiger partial charge in [0, 0.05) is 21.4 Å². The standard InChI is InChI=1S/C14H14BrN3O/c1-9-2-5-11(15)8-13(9)17-14(19)10-3-6-12(18-16)7-4-10/h2-8,18H,16H2,1H3,(H,17,19). The van der Waals surface area contributed by atoms with Gasteiger partial charge < -0.3 is 10.7 Å². The Labute approximate surface area is 120 Å². The van der Waals surface area contributed by atoms with E-state index in [-0.39, 0.29) is 5.91 Å². The molecule has 0 aliphatic rings. The molecule has 4 N–H and O–H groups in total. The SMILES string of the molecule is Cc1ccc(Br)cc1NC(=O)c1ccc(NN)cc1. The molecule has 0 atom stereocenters. The van der Waals surface area contributed by atoms with E-state index in [1.54, 1.807) is 24.3 Å². The van der Waals surface area contributed by atoms with Crippen molar-refractivity contribution < 1.29 is 4.79 Å². The first-order chi connectivity index (χ1) is 9.10. The number of nitrogens with one attached hydrogen (secondary N) is 2. The van der Waals surface area contributed by atoms with Gasteiger partial charge in [-0.2, -0.15) is 0 Å². The van der Waals surface area contributed by atoms with Crippen molar-refractivity contribution in [2.45, 2.75) is 6.92 Å². The van der Waals surface area contributed by atoms with E-state index in [9.17, 15) is 4.79 Å². The van der Waals surface area contributed by atoms with Crippen LogP contribution in [-0.2, 0) is 0 Å². The van der Waals surface area contributed by atoms with E-state index in [2.05, 4.69) is 26.7 Å². The summed E-state index contributed by atoms with van der Waals surface area (Å²) in [4.78, 5) is 12.1. The van der Waals surface area contributed by atoms with Gasteiger partial charge in [-0.25, -0.2) is 0 Å². The molecule has 0 bridgehead atoms. The van der Waals surface area contributed by atoms with Gasteiger partial charge in [-0.05, 0) is 48.9 Å². The molecule has 0 unspecified atom stereocenters. The van der Waals surface area contributed by atoms with Crippen LogP contribution in [0.4, 0.5) is 11.4 Å². The Morgan fingerprint density at radius 3 is 2.47 bits per heavy atom. The first kappa shape index (κ1) is 13.6. The molecule has 0 aliphatic carbocycles. The molecular formula is C14H14BrN3O. The van der Waals surface area contributed by atoms with Gasteiger partial charge in [0.15, 0.2) is 0 Å². The van der Waals surface area contributed by atoms with Crippen LogP contribution < -0.4 is 16.6 Å². The minimum absolute atomic E-state index is 0.148. The third-order valence-electron chi connectivity index (χ3n) is 2.76. The normalized spacial score (nSPS) is 10.1. The number of rotatable bonds is 3. The number of hydrogen-bond donors (Lipinski definition) is 3. The molecule has 5 heteroatoms. The van der Waals surface area contributed by atoms with Crippen LogP contribution in [-0.4, -0.2) is 5.91 Å². The fraction of sp³-hybridized carbons (Fsp3) is 0.0714. The zero-order chi connectivity index (χ0) is 13.8. The highest BCUT2D eigenvalue weighted by molar-refractivity contribution is 9.10. The molecule has 2 aromatic rings. The largest absolute Gasteiger partial charge is 0.324 e. The smallest absolute Gasteiger partial charge is 0.255 e. The van der Waals surface area contributed by atoms with E-state index in [1.165, 1.54) is 0 Å². The van der Waals surface area contributed by atoms with Crippen molar-refractivity contribution >= 4 is 33.2 Å². The summed E-state index contributed by atoms with van der Waals surface area (Å²) in [6, 6.07) is 12.7. The highest BCUT2D eigenvalue weighted by Crippen LogP contribution is 2.21. The van der Waals surface area contributed by atoms with Crippen molar-refractivity contribution in [3.05, 3.63) is 58.1 Å². The number of carbonyl (C=O) groups excluding carboxylic acids is 1. The van der Waals surface area contributed by atoms with E-state index < -0.39 is 0 Å². The number of hydrogen-bond acceptors (Lipinski definition) is 3. The first-order valence-corrected chi connectivity index (χ1v) is 6.53. The van der Waals surface area contributed by atoms with Gasteiger partial charge >= 0.3 is 0 Å². The van der Waals surface area contributed by atoms with Gasteiger partial charge in [-0.15, -0.1) is 0 Å². The number of aryl methyl sites for hydroxylation is 1. The van der Waals surface area contributed by atoms with Gasteiger partial charge in [-0.1, -0.05) is 22.0 Å². The molecule has 0 saturated heterocycles. The van der Waals surface area contributed by atoms with Gasteiger partial charge in [0.25, 0.3) is 5.91 Å². The molecule has 19 heavy (non-hydrogen) atoms. The molecule has 0 spiro atoms. The number of halogens is 1. The molecular weight excluding hydrogens is 306 g/mol. The second-order valence-corrected chi connectivity index (χ2v) is 5.05. The van der Waals surface area contributed by atoms with Crippen LogP contribution >= 0.6 is 15.9 Å². The number of carbonyl (C=O) groups is 1. The molecule has 1 amide bonds. The summed E-state index contributed by atoms with van der Waals surface area (Å²) < 4.78 is 0.927. The Balaban J connectivity index is 2.18. The Kier molecular flexibility index (Phi) is 4.19. The fourth-order valence-electron chi connectivity index (χ4n) is 1.64. The van der Waals surface area contributed by atoms with Crippen molar-refractivity contribution in [2.24, 2.45) is 5.84 Å². The van der Waals surface area contributed by atoms with E-state index in [0.29, 0.717) is 5.56 Å². The van der Waals surface area contributed by atoms with Crippen LogP contribution in [0.1, 0.15) is 15.9 Å². The summed E-state index contributed by atoms with van der Waals surface area (Å²) in [5, 5.41) is 2.88. The quantitative estimate of drug-likeness (QED) is 0.600. The topological polar surface area (TPSA) is 67.2 Å². The predicted octanol–water partition coefficient (Wildman–Crippen LogP) is 3.30. The Bertz CT molecular complexity index is 596. The van der Waals surface area contributed by atoms with E-state index in [1.807, 2.05) is 25.1 Å². The lowest BCUT2D eigenvalue weighted by atomic mass is 10.1. The maximum Gasteiger partial charge on any atom is 0.255 e. The lowest BCUT2D eigenvalue weighted by Crippen LogP contribution is -2.13. The van der Waals surface area contributed by atoms with Crippen LogP contribution in [0, 0.1) is 6.92 Å². The number of amides is 1. The summed E-state index contributed by atoms with van der Waals surface area (Å²) in [6.45, 7) is 1.95. The van der Waals surface area contributed by atoms with E-state index in [0.717, 1.165) is 21.4 Å². The molecule has 4 nitrogen and oxygen atoms in total. The molecule has 2 aromatic carbocycles. The number of anilines is 2. The van der Waals surface area contributed by atoms with Crippen LogP contribution in [0.3, 0.4) is 0 Å². The van der Waals surface area contributed by atoms with Gasteiger partial charge in [0.05, 0.1) is 0 Å². The Hall–Kier alpha value is -1.85. The molecule has 98 valence electrons. The zero-order valence-electron chi connectivity index (χ0n) is 10.4. The monoisotopic (exact) mass is 319 g/mol. The van der Waals surface area contributed by atoms with Crippen molar-refractivity contribution in [1.29, 1.82) is 0 Å². The minimum atomic E-state index is -0.148. The van der Waals surface area contributed by atoms with Crippen molar-refractivity contribution in [2.75, 3.05) is 10.7 Å². The third kappa shape index (κ3) is 3.33. The number of benzene rings is 2. The van der Waals surface area contributed by atoms with Crippen molar-refractivity contribution in [1.82, 2.24) is 0 Å². The summed E-state index contributed by atoms with van der Waals surface area (Å²) in [5.74, 6) is 5.13. The molecule has 0 fully saturated rings. The van der Waals surface area contributed by atoms with E-state index in [4.69, 9.17) is 5.84 Å². The summed E-state index contributed by atoms with van der Waals surface area (Å²) >= 11 is 3.39. The van der Waals surface area contributed by atoms with E-state index >= 15 is 0 Å². The predicted molar refractivity (Wildman–Crippen MR) is 81.1 cm³/mol. The first-order valence-electron chi connectivity index (χ1n) is 5.74. The lowest BCUT2D eigenvalue weighted by Gasteiger charge is -2.09. The van der Waals surface area contributed by atoms with Gasteiger partial charge in [-0.3, -0.25) is 10.6 Å². The molecule has 2 rings (SSSR count). The molecule has 0 aromatic heterocycles. The zero-order valence-corrected chi connectivity index (χ0v) is 12.0. The summed E-state index contributed by atoms with van der Waals surface area (Å²) in [6.07, 6.45) is 0. The second kappa shape index (κ2) is 5.86. The van der Waals surface area contributed by atoms with Crippen LogP contribution in [0.2, 0.25) is 0 Å². The Morgan fingerprint density at radius 2 is 1.84 bits per heavy atom. The maximum absolute atomic E-state index is 12.1. The highest BCUT2D eigenvalue weighted by Gasteiger charge is 2.07. The minimum Gasteiger partial charge on any atom is -0.324 e. The molecule has 0 heterocycles. The lowest BCUT2D eigenvalue weighted by molar-refractivity contribution is 0.102. The molecule has 0 saturated carbocycles. The average Bonchev–Trinajstić information content (AvgIpc) is 2.43. The van der Waals surface area contributed by atoms with Crippen molar-refractivity contribution in [3.63, 3.8) is 0 Å². The highest BCUT2D eigenvalue weighted by atomic mass is 79.9. The molecule has 0 aliphatic heterocycles. The maximum atomic E-state index is 12.1. The number of nitrogens with two attached hydrogens (primary N) is 1. The summed E-state index contributed by atoms with van der Waals surface area (Å²) in [5.41, 5.74) is 5.67. The van der Waals surface area contributed by atoms with Crippen LogP contribution in [0.25, 0.3) is 0 Å². The van der Waals surface area contributed by atoms with Gasteiger partial charge in [0.1, 0.15) is 0 Å². The van der Waals surface area contributed by atoms with Crippen LogP contribution in [0.15, 0.2) is 46.9 Å². The number of hydrazine groups is 1. The molecule has 0 radical (unpaired) electrons. The van der Waals surface area contributed by atoms with Crippen molar-refractivity contribution in [3.8, 4) is 0 Å². The average molecular weight is 320 g/mol. The fourth-order valence-corrected chi connectivity index (χ4v) is 2.00. The summed E-state index contributed by atoms with van der Waals surface area (Å²) in [7, 11) is 0. The Morgan fingerprint density at radius 1 is 1.16 bits per heavy atom. The number of nitrogen functional groups attached to an aromatic ring is 1. The third-order valence-corrected chi connectivity index (χ3v) is 3.25. The van der Waals surface area contributed by atoms with Gasteiger partial charge in [0.2, 0.25) is 0 Å².